The zero-order valence-corrected chi connectivity index (χ0v) is 16.2. The summed E-state index contributed by atoms with van der Waals surface area (Å²) < 4.78 is 4.89. The van der Waals surface area contributed by atoms with Crippen molar-refractivity contribution in [2.75, 3.05) is 6.61 Å². The number of carbonyl (C=O) groups excluding carboxylic acids is 1. The zero-order valence-electron chi connectivity index (χ0n) is 16.2. The smallest absolute Gasteiger partial charge is 0.384 e. The standard InChI is InChI=1S/C25H30O2/c1-4-21-11-9-12-22(19-21)16-17-24-15-10-14-23(20(24)3)13-7-6-8-18-27-25(26)5-2/h2,4,9-10,12,14-16,21,24H,1,3,6-8,11,13,17-19H2/b22-16-/t21-,24+/m1/s1. The highest BCUT2D eigenvalue weighted by Gasteiger charge is 2.16. The molecule has 0 aromatic rings. The van der Waals surface area contributed by atoms with Crippen LogP contribution in [0.2, 0.25) is 0 Å². The highest BCUT2D eigenvalue weighted by Crippen LogP contribution is 2.32. The van der Waals surface area contributed by atoms with Gasteiger partial charge in [-0.3, -0.25) is 0 Å². The molecule has 142 valence electrons. The van der Waals surface area contributed by atoms with Gasteiger partial charge in [-0.15, -0.1) is 13.0 Å². The lowest BCUT2D eigenvalue weighted by Gasteiger charge is -2.22. The van der Waals surface area contributed by atoms with Gasteiger partial charge in [0.2, 0.25) is 0 Å². The molecule has 0 spiro atoms. The van der Waals surface area contributed by atoms with Gasteiger partial charge in [0.15, 0.2) is 0 Å². The Kier molecular flexibility index (Phi) is 8.65. The summed E-state index contributed by atoms with van der Waals surface area (Å²) in [5.74, 6) is 2.33. The van der Waals surface area contributed by atoms with E-state index in [2.05, 4.69) is 55.7 Å². The largest absolute Gasteiger partial charge is 0.456 e. The summed E-state index contributed by atoms with van der Waals surface area (Å²) in [7, 11) is 0. The molecule has 0 saturated carbocycles. The Morgan fingerprint density at radius 3 is 3.00 bits per heavy atom. The summed E-state index contributed by atoms with van der Waals surface area (Å²) in [5, 5.41) is 0. The van der Waals surface area contributed by atoms with E-state index in [-0.39, 0.29) is 0 Å². The molecule has 0 fully saturated rings. The van der Waals surface area contributed by atoms with Crippen molar-refractivity contribution < 1.29 is 9.53 Å². The van der Waals surface area contributed by atoms with Gasteiger partial charge in [0.05, 0.1) is 6.61 Å². The summed E-state index contributed by atoms with van der Waals surface area (Å²) in [4.78, 5) is 10.9. The van der Waals surface area contributed by atoms with Crippen LogP contribution in [0.4, 0.5) is 0 Å². The van der Waals surface area contributed by atoms with E-state index in [1.165, 1.54) is 16.7 Å². The number of esters is 1. The molecule has 2 aliphatic carbocycles. The van der Waals surface area contributed by atoms with Crippen molar-refractivity contribution in [3.05, 3.63) is 72.4 Å². The predicted octanol–water partition coefficient (Wildman–Crippen LogP) is 5.86. The topological polar surface area (TPSA) is 26.3 Å². The first kappa shape index (κ1) is 20.8. The van der Waals surface area contributed by atoms with Gasteiger partial charge in [0, 0.05) is 11.8 Å². The van der Waals surface area contributed by atoms with Crippen molar-refractivity contribution in [3.63, 3.8) is 0 Å². The van der Waals surface area contributed by atoms with Gasteiger partial charge in [-0.05, 0) is 62.0 Å². The third-order valence-corrected chi connectivity index (χ3v) is 5.18. The first-order chi connectivity index (χ1) is 13.1. The molecular formula is C25H30O2. The van der Waals surface area contributed by atoms with Crippen LogP contribution in [0.15, 0.2) is 72.4 Å². The lowest BCUT2D eigenvalue weighted by atomic mass is 9.83. The van der Waals surface area contributed by atoms with Crippen molar-refractivity contribution >= 4 is 5.97 Å². The SMILES string of the molecule is C#CC(=O)OCCCCCC1=CC=C[C@@H](C/C=C2/C=CC[C@@H](C=C)C2)C1=C. The van der Waals surface area contributed by atoms with Crippen LogP contribution in [-0.4, -0.2) is 12.6 Å². The summed E-state index contributed by atoms with van der Waals surface area (Å²) >= 11 is 0. The molecule has 2 rings (SSSR count). The van der Waals surface area contributed by atoms with E-state index in [9.17, 15) is 4.79 Å². The van der Waals surface area contributed by atoms with Gasteiger partial charge < -0.3 is 4.74 Å². The average Bonchev–Trinajstić information content (AvgIpc) is 2.70. The third-order valence-electron chi connectivity index (χ3n) is 5.18. The maximum atomic E-state index is 10.9. The third kappa shape index (κ3) is 6.94. The van der Waals surface area contributed by atoms with Crippen LogP contribution in [0.3, 0.4) is 0 Å². The molecule has 27 heavy (non-hydrogen) atoms. The Balaban J connectivity index is 1.74. The molecule has 0 radical (unpaired) electrons. The minimum absolute atomic E-state index is 0.381. The fraction of sp³-hybridized carbons (Fsp3) is 0.400. The van der Waals surface area contributed by atoms with Crippen LogP contribution in [-0.2, 0) is 9.53 Å². The number of unbranched alkanes of at least 4 members (excludes halogenated alkanes) is 2. The van der Waals surface area contributed by atoms with E-state index in [0.717, 1.165) is 44.9 Å². The molecule has 0 heterocycles. The molecule has 2 aliphatic rings. The maximum Gasteiger partial charge on any atom is 0.384 e. The minimum Gasteiger partial charge on any atom is -0.456 e. The number of hydrogen-bond donors (Lipinski definition) is 0. The highest BCUT2D eigenvalue weighted by molar-refractivity contribution is 5.87. The normalized spacial score (nSPS) is 23.0. The van der Waals surface area contributed by atoms with Gasteiger partial charge in [-0.2, -0.15) is 0 Å². The van der Waals surface area contributed by atoms with E-state index in [1.807, 2.05) is 5.92 Å². The number of terminal acetylenes is 1. The molecule has 2 heteroatoms. The first-order valence-corrected chi connectivity index (χ1v) is 9.82. The van der Waals surface area contributed by atoms with Crippen LogP contribution in [0, 0.1) is 24.2 Å². The molecule has 0 aromatic heterocycles. The van der Waals surface area contributed by atoms with Crippen molar-refractivity contribution in [1.29, 1.82) is 0 Å². The minimum atomic E-state index is -0.576. The predicted molar refractivity (Wildman–Crippen MR) is 113 cm³/mol. The van der Waals surface area contributed by atoms with Gasteiger partial charge in [0.1, 0.15) is 0 Å². The summed E-state index contributed by atoms with van der Waals surface area (Å²) in [6.07, 6.45) is 27.6. The van der Waals surface area contributed by atoms with Crippen molar-refractivity contribution in [2.24, 2.45) is 11.8 Å². The second kappa shape index (κ2) is 11.2. The average molecular weight is 363 g/mol. The Morgan fingerprint density at radius 2 is 2.22 bits per heavy atom. The van der Waals surface area contributed by atoms with E-state index < -0.39 is 5.97 Å². The molecule has 2 nitrogen and oxygen atoms in total. The van der Waals surface area contributed by atoms with Crippen molar-refractivity contribution in [3.8, 4) is 12.3 Å². The number of allylic oxidation sites excluding steroid dienone is 10. The summed E-state index contributed by atoms with van der Waals surface area (Å²) in [6, 6.07) is 0. The Bertz CT molecular complexity index is 709. The molecule has 0 saturated heterocycles. The van der Waals surface area contributed by atoms with Gasteiger partial charge in [0.25, 0.3) is 0 Å². The Morgan fingerprint density at radius 1 is 1.37 bits per heavy atom. The van der Waals surface area contributed by atoms with Gasteiger partial charge >= 0.3 is 5.97 Å². The second-order valence-electron chi connectivity index (χ2n) is 7.15. The molecular weight excluding hydrogens is 332 g/mol. The molecule has 0 unspecified atom stereocenters. The lowest BCUT2D eigenvalue weighted by molar-refractivity contribution is -0.136. The van der Waals surface area contributed by atoms with Crippen LogP contribution in [0.1, 0.15) is 44.9 Å². The summed E-state index contributed by atoms with van der Waals surface area (Å²) in [6.45, 7) is 8.67. The highest BCUT2D eigenvalue weighted by atomic mass is 16.5. The molecule has 0 aliphatic heterocycles. The molecule has 0 N–H and O–H groups in total. The molecule has 0 bridgehead atoms. The fourth-order valence-corrected chi connectivity index (χ4v) is 3.49. The molecule has 2 atom stereocenters. The molecule has 0 aromatic carbocycles. The number of ether oxygens (including phenoxy) is 1. The van der Waals surface area contributed by atoms with Gasteiger partial charge in [-0.25, -0.2) is 4.79 Å². The quantitative estimate of drug-likeness (QED) is 0.169. The van der Waals surface area contributed by atoms with E-state index in [1.54, 1.807) is 0 Å². The van der Waals surface area contributed by atoms with Crippen molar-refractivity contribution in [2.45, 2.75) is 44.9 Å². The molecule has 0 amide bonds. The number of carbonyl (C=O) groups is 1. The van der Waals surface area contributed by atoms with Crippen LogP contribution >= 0.6 is 0 Å². The first-order valence-electron chi connectivity index (χ1n) is 9.82. The Hall–Kier alpha value is -2.53. The zero-order chi connectivity index (χ0) is 19.5. The summed E-state index contributed by atoms with van der Waals surface area (Å²) in [5.41, 5.74) is 3.97. The number of rotatable bonds is 9. The fourth-order valence-electron chi connectivity index (χ4n) is 3.49. The van der Waals surface area contributed by atoms with Crippen LogP contribution in [0.5, 0.6) is 0 Å². The van der Waals surface area contributed by atoms with Crippen LogP contribution < -0.4 is 0 Å². The monoisotopic (exact) mass is 362 g/mol. The van der Waals surface area contributed by atoms with Gasteiger partial charge in [-0.1, -0.05) is 54.7 Å². The van der Waals surface area contributed by atoms with E-state index in [4.69, 9.17) is 11.2 Å². The number of hydrogen-bond acceptors (Lipinski definition) is 2. The van der Waals surface area contributed by atoms with Crippen LogP contribution in [0.25, 0.3) is 0 Å². The van der Waals surface area contributed by atoms with E-state index >= 15 is 0 Å². The lowest BCUT2D eigenvalue weighted by Crippen LogP contribution is -2.07. The maximum absolute atomic E-state index is 10.9. The second-order valence-corrected chi connectivity index (χ2v) is 7.15. The Labute approximate surface area is 164 Å². The van der Waals surface area contributed by atoms with E-state index in [0.29, 0.717) is 18.4 Å². The van der Waals surface area contributed by atoms with Crippen molar-refractivity contribution in [1.82, 2.24) is 0 Å².